The van der Waals surface area contributed by atoms with E-state index in [2.05, 4.69) is 10.3 Å². The number of rotatable bonds is 8. The van der Waals surface area contributed by atoms with Crippen LogP contribution in [0.4, 0.5) is 5.69 Å². The van der Waals surface area contributed by atoms with Gasteiger partial charge in [-0.3, -0.25) is 4.79 Å². The van der Waals surface area contributed by atoms with Crippen LogP contribution < -0.4 is 10.1 Å². The maximum atomic E-state index is 12.9. The summed E-state index contributed by atoms with van der Waals surface area (Å²) in [7, 11) is -3.63. The first-order valence-corrected chi connectivity index (χ1v) is 11.9. The Labute approximate surface area is 187 Å². The molecule has 0 unspecified atom stereocenters. The van der Waals surface area contributed by atoms with E-state index in [0.29, 0.717) is 30.9 Å². The second kappa shape index (κ2) is 10.6. The number of piperidine rings is 1. The highest BCUT2D eigenvalue weighted by atomic mass is 32.2. The molecule has 9 nitrogen and oxygen atoms in total. The van der Waals surface area contributed by atoms with Crippen molar-refractivity contribution in [2.75, 3.05) is 31.6 Å². The number of benzene rings is 1. The van der Waals surface area contributed by atoms with E-state index >= 15 is 0 Å². The summed E-state index contributed by atoms with van der Waals surface area (Å²) in [6.07, 6.45) is 4.18. The average molecular weight is 462 g/mol. The fraction of sp³-hybridized carbons (Fsp3) is 0.409. The monoisotopic (exact) mass is 461 g/mol. The molecule has 0 atom stereocenters. The van der Waals surface area contributed by atoms with Crippen molar-refractivity contribution in [3.63, 3.8) is 0 Å². The molecule has 0 aliphatic carbocycles. The van der Waals surface area contributed by atoms with Crippen LogP contribution in [-0.4, -0.2) is 55.9 Å². The molecule has 172 valence electrons. The molecule has 1 aliphatic heterocycles. The van der Waals surface area contributed by atoms with Crippen LogP contribution in [-0.2, 0) is 19.6 Å². The first-order chi connectivity index (χ1) is 15.3. The Morgan fingerprint density at radius 1 is 1.16 bits per heavy atom. The van der Waals surface area contributed by atoms with Gasteiger partial charge in [-0.2, -0.15) is 4.31 Å². The molecule has 1 aliphatic rings. The van der Waals surface area contributed by atoms with Gasteiger partial charge in [0.15, 0.2) is 6.61 Å². The summed E-state index contributed by atoms with van der Waals surface area (Å²) < 4.78 is 37.7. The summed E-state index contributed by atoms with van der Waals surface area (Å²) in [6, 6.07) is 7.68. The number of anilines is 1. The van der Waals surface area contributed by atoms with Crippen molar-refractivity contribution in [1.29, 1.82) is 0 Å². The topological polar surface area (TPSA) is 115 Å². The van der Waals surface area contributed by atoms with Crippen molar-refractivity contribution in [2.45, 2.75) is 38.0 Å². The Hall–Kier alpha value is -2.98. The Morgan fingerprint density at radius 3 is 2.62 bits per heavy atom. The molecule has 0 spiro atoms. The van der Waals surface area contributed by atoms with Gasteiger partial charge in [-0.1, -0.05) is 12.5 Å². The highest BCUT2D eigenvalue weighted by Crippen LogP contribution is 2.25. The van der Waals surface area contributed by atoms with Crippen molar-refractivity contribution < 1.29 is 27.5 Å². The zero-order valence-corrected chi connectivity index (χ0v) is 19.0. The van der Waals surface area contributed by atoms with Gasteiger partial charge >= 0.3 is 5.97 Å². The molecule has 32 heavy (non-hydrogen) atoms. The van der Waals surface area contributed by atoms with Crippen molar-refractivity contribution in [1.82, 2.24) is 9.29 Å². The van der Waals surface area contributed by atoms with Crippen LogP contribution in [0.25, 0.3) is 0 Å². The highest BCUT2D eigenvalue weighted by Gasteiger charge is 2.26. The van der Waals surface area contributed by atoms with Crippen molar-refractivity contribution >= 4 is 27.6 Å². The molecule has 10 heteroatoms. The largest absolute Gasteiger partial charge is 0.477 e. The first-order valence-electron chi connectivity index (χ1n) is 10.5. The van der Waals surface area contributed by atoms with E-state index in [1.54, 1.807) is 26.0 Å². The fourth-order valence-corrected chi connectivity index (χ4v) is 4.89. The molecule has 0 bridgehead atoms. The number of aryl methyl sites for hydroxylation is 1. The molecular weight excluding hydrogens is 434 g/mol. The third kappa shape index (κ3) is 5.63. The zero-order chi connectivity index (χ0) is 23.1. The van der Waals surface area contributed by atoms with Crippen molar-refractivity contribution in [3.05, 3.63) is 47.7 Å². The number of nitrogens with one attached hydrogen (secondary N) is 1. The first kappa shape index (κ1) is 23.7. The number of hydrogen-bond donors (Lipinski definition) is 1. The SMILES string of the molecule is CCOc1ncccc1C(=O)OCC(=O)Nc1cc(S(=O)(=O)N2CCCCC2)ccc1C. The molecule has 1 fully saturated rings. The molecule has 1 saturated heterocycles. The van der Waals surface area contributed by atoms with Crippen molar-refractivity contribution in [3.8, 4) is 5.88 Å². The number of carbonyl (C=O) groups excluding carboxylic acids is 2. The molecule has 0 saturated carbocycles. The lowest BCUT2D eigenvalue weighted by Gasteiger charge is -2.26. The van der Waals surface area contributed by atoms with Gasteiger partial charge in [0.1, 0.15) is 5.56 Å². The summed E-state index contributed by atoms with van der Waals surface area (Å²) in [5.74, 6) is -1.20. The number of esters is 1. The van der Waals surface area contributed by atoms with E-state index in [0.717, 1.165) is 19.3 Å². The van der Waals surface area contributed by atoms with Crippen LogP contribution in [0.1, 0.15) is 42.1 Å². The lowest BCUT2D eigenvalue weighted by Crippen LogP contribution is -2.35. The number of aromatic nitrogens is 1. The van der Waals surface area contributed by atoms with E-state index in [-0.39, 0.29) is 16.3 Å². The minimum atomic E-state index is -3.63. The number of sulfonamides is 1. The predicted octanol–water partition coefficient (Wildman–Crippen LogP) is 2.76. The quantitative estimate of drug-likeness (QED) is 0.601. The van der Waals surface area contributed by atoms with E-state index < -0.39 is 28.5 Å². The molecule has 2 heterocycles. The normalized spacial score (nSPS) is 14.6. The van der Waals surface area contributed by atoms with E-state index in [9.17, 15) is 18.0 Å². The summed E-state index contributed by atoms with van der Waals surface area (Å²) in [5, 5.41) is 2.63. The van der Waals surface area contributed by atoms with Gasteiger partial charge in [0.25, 0.3) is 5.91 Å². The maximum Gasteiger partial charge on any atom is 0.344 e. The third-order valence-electron chi connectivity index (χ3n) is 5.04. The summed E-state index contributed by atoms with van der Waals surface area (Å²) in [4.78, 5) is 28.8. The molecule has 1 aromatic carbocycles. The molecule has 3 rings (SSSR count). The van der Waals surface area contributed by atoms with E-state index in [1.807, 2.05) is 0 Å². The Kier molecular flexibility index (Phi) is 7.81. The average Bonchev–Trinajstić information content (AvgIpc) is 2.80. The molecule has 1 aromatic heterocycles. The van der Waals surface area contributed by atoms with Gasteiger partial charge in [0, 0.05) is 25.0 Å². The fourth-order valence-electron chi connectivity index (χ4n) is 3.34. The maximum absolute atomic E-state index is 12.9. The highest BCUT2D eigenvalue weighted by molar-refractivity contribution is 7.89. The van der Waals surface area contributed by atoms with E-state index in [4.69, 9.17) is 9.47 Å². The van der Waals surface area contributed by atoms with Crippen LogP contribution in [0.5, 0.6) is 5.88 Å². The lowest BCUT2D eigenvalue weighted by atomic mass is 10.2. The minimum absolute atomic E-state index is 0.118. The van der Waals surface area contributed by atoms with Gasteiger partial charge < -0.3 is 14.8 Å². The number of amides is 1. The Balaban J connectivity index is 1.66. The van der Waals surface area contributed by atoms with Gasteiger partial charge in [-0.25, -0.2) is 18.2 Å². The second-order valence-corrected chi connectivity index (χ2v) is 9.29. The predicted molar refractivity (Wildman–Crippen MR) is 118 cm³/mol. The van der Waals surface area contributed by atoms with Crippen LogP contribution in [0.2, 0.25) is 0 Å². The molecule has 1 N–H and O–H groups in total. The van der Waals surface area contributed by atoms with Crippen LogP contribution in [0, 0.1) is 6.92 Å². The number of pyridine rings is 1. The molecule has 0 radical (unpaired) electrons. The van der Waals surface area contributed by atoms with Gasteiger partial charge in [-0.05, 0) is 56.5 Å². The van der Waals surface area contributed by atoms with E-state index in [1.165, 1.54) is 28.7 Å². The smallest absolute Gasteiger partial charge is 0.344 e. The Morgan fingerprint density at radius 2 is 1.91 bits per heavy atom. The number of hydrogen-bond acceptors (Lipinski definition) is 7. The number of carbonyl (C=O) groups is 2. The third-order valence-corrected chi connectivity index (χ3v) is 6.94. The molecule has 1 amide bonds. The summed E-state index contributed by atoms with van der Waals surface area (Å²) in [5.41, 5.74) is 1.15. The van der Waals surface area contributed by atoms with Crippen molar-refractivity contribution in [2.24, 2.45) is 0 Å². The van der Waals surface area contributed by atoms with Crippen LogP contribution in [0.15, 0.2) is 41.4 Å². The lowest BCUT2D eigenvalue weighted by molar-refractivity contribution is -0.119. The second-order valence-electron chi connectivity index (χ2n) is 7.35. The van der Waals surface area contributed by atoms with Crippen LogP contribution >= 0.6 is 0 Å². The molecular formula is C22H27N3O6S. The van der Waals surface area contributed by atoms with Gasteiger partial charge in [0.05, 0.1) is 11.5 Å². The minimum Gasteiger partial charge on any atom is -0.477 e. The standard InChI is InChI=1S/C22H27N3O6S/c1-3-30-21-18(8-7-11-23-21)22(27)31-15-20(26)24-19-14-17(10-9-16(19)2)32(28,29)25-12-5-4-6-13-25/h7-11,14H,3-6,12-13,15H2,1-2H3,(H,24,26). The number of ether oxygens (including phenoxy) is 2. The van der Waals surface area contributed by atoms with Gasteiger partial charge in [-0.15, -0.1) is 0 Å². The summed E-state index contributed by atoms with van der Waals surface area (Å²) in [6.45, 7) is 4.29. The zero-order valence-electron chi connectivity index (χ0n) is 18.2. The number of nitrogens with zero attached hydrogens (tertiary/aromatic N) is 2. The van der Waals surface area contributed by atoms with Gasteiger partial charge in [0.2, 0.25) is 15.9 Å². The Bertz CT molecular complexity index is 1080. The summed E-state index contributed by atoms with van der Waals surface area (Å²) >= 11 is 0. The van der Waals surface area contributed by atoms with Crippen LogP contribution in [0.3, 0.4) is 0 Å². The molecule has 2 aromatic rings.